The first-order valence-corrected chi connectivity index (χ1v) is 9.90. The first kappa shape index (κ1) is 19.5. The van der Waals surface area contributed by atoms with Crippen LogP contribution in [0.1, 0.15) is 25.0 Å². The quantitative estimate of drug-likeness (QED) is 0.731. The van der Waals surface area contributed by atoms with Crippen molar-refractivity contribution in [1.82, 2.24) is 25.4 Å². The molecule has 1 aromatic heterocycles. The molecule has 1 aliphatic heterocycles. The number of nitrogens with one attached hydrogen (secondary N) is 3. The van der Waals surface area contributed by atoms with Crippen LogP contribution >= 0.6 is 0 Å². The monoisotopic (exact) mass is 405 g/mol. The molecule has 0 radical (unpaired) electrons. The van der Waals surface area contributed by atoms with Crippen LogP contribution in [0.3, 0.4) is 0 Å². The van der Waals surface area contributed by atoms with Crippen molar-refractivity contribution in [3.8, 4) is 0 Å². The summed E-state index contributed by atoms with van der Waals surface area (Å²) in [7, 11) is 1.50. The third-order valence-electron chi connectivity index (χ3n) is 5.58. The molecule has 9 heteroatoms. The number of aromatic amines is 1. The van der Waals surface area contributed by atoms with Gasteiger partial charge in [0.25, 0.3) is 0 Å². The van der Waals surface area contributed by atoms with E-state index in [4.69, 9.17) is 0 Å². The zero-order valence-corrected chi connectivity index (χ0v) is 16.3. The van der Waals surface area contributed by atoms with Gasteiger partial charge in [0.05, 0.1) is 24.8 Å². The fourth-order valence-electron chi connectivity index (χ4n) is 4.06. The Morgan fingerprint density at radius 2 is 2.00 bits per heavy atom. The van der Waals surface area contributed by atoms with Gasteiger partial charge in [-0.3, -0.25) is 0 Å². The summed E-state index contributed by atoms with van der Waals surface area (Å²) in [5.41, 5.74) is 0.969. The highest BCUT2D eigenvalue weighted by atomic mass is 19.1. The molecule has 1 aromatic carbocycles. The standard InChI is InChI=1S/C20H25F2N5O2/c1-23-19(28)26-10-12(21)8-14(11-26)27(13-6-7-13)20(29)24-9-17-18(22)15-4-2-3-5-16(15)25-17/h2-5,12-14,25H,6-11H2,1H3,(H,23,28)(H,24,29). The Bertz CT molecular complexity index is 913. The van der Waals surface area contributed by atoms with Crippen molar-refractivity contribution in [2.75, 3.05) is 20.1 Å². The van der Waals surface area contributed by atoms with E-state index >= 15 is 0 Å². The van der Waals surface area contributed by atoms with Crippen molar-refractivity contribution in [2.45, 2.75) is 44.1 Å². The predicted molar refractivity (Wildman–Crippen MR) is 105 cm³/mol. The Labute approximate surface area is 167 Å². The number of rotatable bonds is 4. The van der Waals surface area contributed by atoms with Crippen molar-refractivity contribution < 1.29 is 18.4 Å². The SMILES string of the molecule is CNC(=O)N1CC(F)CC(N(C(=O)NCc2[nH]c3ccccc3c2F)C2CC2)C1. The van der Waals surface area contributed by atoms with Crippen LogP contribution in [0.15, 0.2) is 24.3 Å². The Hall–Kier alpha value is -2.84. The lowest BCUT2D eigenvalue weighted by Crippen LogP contribution is -2.58. The number of halogens is 2. The maximum Gasteiger partial charge on any atom is 0.318 e. The Kier molecular flexibility index (Phi) is 5.29. The van der Waals surface area contributed by atoms with Gasteiger partial charge in [0, 0.05) is 37.0 Å². The summed E-state index contributed by atoms with van der Waals surface area (Å²) in [6.45, 7) is 0.314. The molecular weight excluding hydrogens is 380 g/mol. The van der Waals surface area contributed by atoms with Gasteiger partial charge in [-0.2, -0.15) is 0 Å². The van der Waals surface area contributed by atoms with Gasteiger partial charge in [-0.1, -0.05) is 12.1 Å². The van der Waals surface area contributed by atoms with E-state index in [0.29, 0.717) is 16.6 Å². The summed E-state index contributed by atoms with van der Waals surface area (Å²) in [4.78, 5) is 30.9. The molecule has 2 aromatic rings. The molecule has 7 nitrogen and oxygen atoms in total. The molecule has 2 unspecified atom stereocenters. The number of fused-ring (bicyclic) bond motifs is 1. The number of benzene rings is 1. The van der Waals surface area contributed by atoms with Crippen LogP contribution in [0.4, 0.5) is 18.4 Å². The first-order valence-electron chi connectivity index (χ1n) is 9.90. The van der Waals surface area contributed by atoms with E-state index in [1.807, 2.05) is 6.07 Å². The number of piperidine rings is 1. The summed E-state index contributed by atoms with van der Waals surface area (Å²) >= 11 is 0. The molecule has 2 fully saturated rings. The molecule has 1 aliphatic carbocycles. The fourth-order valence-corrected chi connectivity index (χ4v) is 4.06. The van der Waals surface area contributed by atoms with Crippen LogP contribution in [-0.4, -0.2) is 65.2 Å². The number of nitrogens with zero attached hydrogens (tertiary/aromatic N) is 2. The molecule has 2 aliphatic rings. The first-order chi connectivity index (χ1) is 14.0. The summed E-state index contributed by atoms with van der Waals surface area (Å²) < 4.78 is 28.8. The number of alkyl halides is 1. The van der Waals surface area contributed by atoms with E-state index in [-0.39, 0.29) is 50.0 Å². The highest BCUT2D eigenvalue weighted by molar-refractivity contribution is 5.81. The van der Waals surface area contributed by atoms with Crippen LogP contribution in [0, 0.1) is 5.82 Å². The third-order valence-corrected chi connectivity index (χ3v) is 5.58. The van der Waals surface area contributed by atoms with E-state index in [2.05, 4.69) is 15.6 Å². The van der Waals surface area contributed by atoms with E-state index in [1.165, 1.54) is 11.9 Å². The number of carbonyl (C=O) groups excluding carboxylic acids is 2. The molecule has 4 amide bonds. The summed E-state index contributed by atoms with van der Waals surface area (Å²) in [5.74, 6) is -0.383. The molecule has 1 saturated heterocycles. The van der Waals surface area contributed by atoms with Crippen molar-refractivity contribution in [2.24, 2.45) is 0 Å². The summed E-state index contributed by atoms with van der Waals surface area (Å²) in [6.07, 6.45) is 0.702. The molecule has 4 rings (SSSR count). The van der Waals surface area contributed by atoms with Gasteiger partial charge < -0.3 is 25.4 Å². The third kappa shape index (κ3) is 3.99. The van der Waals surface area contributed by atoms with E-state index < -0.39 is 12.2 Å². The zero-order chi connectivity index (χ0) is 20.5. The molecule has 2 atom stereocenters. The van der Waals surface area contributed by atoms with Gasteiger partial charge in [0.2, 0.25) is 0 Å². The number of hydrogen-bond acceptors (Lipinski definition) is 2. The average molecular weight is 405 g/mol. The predicted octanol–water partition coefficient (Wildman–Crippen LogP) is 2.73. The van der Waals surface area contributed by atoms with Crippen molar-refractivity contribution in [3.05, 3.63) is 35.8 Å². The maximum atomic E-state index is 14.5. The number of amides is 4. The summed E-state index contributed by atoms with van der Waals surface area (Å²) in [6, 6.07) is 5.93. The summed E-state index contributed by atoms with van der Waals surface area (Å²) in [5, 5.41) is 5.75. The van der Waals surface area contributed by atoms with Crippen LogP contribution in [0.5, 0.6) is 0 Å². The Morgan fingerprint density at radius 1 is 1.24 bits per heavy atom. The van der Waals surface area contributed by atoms with Crippen LogP contribution < -0.4 is 10.6 Å². The second-order valence-corrected chi connectivity index (χ2v) is 7.71. The van der Waals surface area contributed by atoms with Gasteiger partial charge in [0.1, 0.15) is 6.17 Å². The van der Waals surface area contributed by atoms with Crippen LogP contribution in [0.25, 0.3) is 10.9 Å². The Morgan fingerprint density at radius 3 is 2.69 bits per heavy atom. The van der Waals surface area contributed by atoms with Crippen LogP contribution in [-0.2, 0) is 6.54 Å². The van der Waals surface area contributed by atoms with Gasteiger partial charge in [-0.05, 0) is 25.0 Å². The average Bonchev–Trinajstić information content (AvgIpc) is 3.49. The topological polar surface area (TPSA) is 80.5 Å². The fraction of sp³-hybridized carbons (Fsp3) is 0.500. The number of urea groups is 2. The van der Waals surface area contributed by atoms with E-state index in [9.17, 15) is 18.4 Å². The van der Waals surface area contributed by atoms with Crippen molar-refractivity contribution in [3.63, 3.8) is 0 Å². The molecule has 1 saturated carbocycles. The van der Waals surface area contributed by atoms with Gasteiger partial charge in [-0.15, -0.1) is 0 Å². The number of H-pyrrole nitrogens is 1. The smallest absolute Gasteiger partial charge is 0.318 e. The van der Waals surface area contributed by atoms with Gasteiger partial charge >= 0.3 is 12.1 Å². The van der Waals surface area contributed by atoms with Gasteiger partial charge in [0.15, 0.2) is 5.82 Å². The van der Waals surface area contributed by atoms with E-state index in [1.54, 1.807) is 23.1 Å². The van der Waals surface area contributed by atoms with Crippen molar-refractivity contribution >= 4 is 23.0 Å². The lowest BCUT2D eigenvalue weighted by molar-refractivity contribution is 0.0758. The van der Waals surface area contributed by atoms with Gasteiger partial charge in [-0.25, -0.2) is 18.4 Å². The molecule has 3 N–H and O–H groups in total. The number of hydrogen-bond donors (Lipinski definition) is 3. The minimum Gasteiger partial charge on any atom is -0.354 e. The molecule has 156 valence electrons. The lowest BCUT2D eigenvalue weighted by atomic mass is 10.0. The molecule has 29 heavy (non-hydrogen) atoms. The Balaban J connectivity index is 1.46. The molecule has 2 heterocycles. The maximum absolute atomic E-state index is 14.5. The van der Waals surface area contributed by atoms with Crippen molar-refractivity contribution in [1.29, 1.82) is 0 Å². The largest absolute Gasteiger partial charge is 0.354 e. The molecular formula is C20H25F2N5O2. The minimum absolute atomic E-state index is 0.00744. The number of aromatic nitrogens is 1. The zero-order valence-electron chi connectivity index (χ0n) is 16.3. The molecule has 0 spiro atoms. The molecule has 0 bridgehead atoms. The highest BCUT2D eigenvalue weighted by Crippen LogP contribution is 2.32. The minimum atomic E-state index is -1.19. The highest BCUT2D eigenvalue weighted by Gasteiger charge is 2.42. The number of para-hydroxylation sites is 1. The van der Waals surface area contributed by atoms with E-state index in [0.717, 1.165) is 12.8 Å². The lowest BCUT2D eigenvalue weighted by Gasteiger charge is -2.40. The normalized spacial score (nSPS) is 21.8. The second kappa shape index (κ2) is 7.88. The second-order valence-electron chi connectivity index (χ2n) is 7.71. The number of carbonyl (C=O) groups is 2. The van der Waals surface area contributed by atoms with Crippen LogP contribution in [0.2, 0.25) is 0 Å². The number of likely N-dealkylation sites (tertiary alicyclic amines) is 1.